The number of nitrogens with zero attached hydrogens (tertiary/aromatic N) is 2. The number of aliphatic imine (C=N–C) groups is 1. The molecule has 1 atom stereocenters. The summed E-state index contributed by atoms with van der Waals surface area (Å²) in [6.45, 7) is 0. The number of methoxy groups -OCH3 is 1. The normalized spacial score (nSPS) is 15.9. The van der Waals surface area contributed by atoms with Crippen molar-refractivity contribution in [1.29, 1.82) is 0 Å². The van der Waals surface area contributed by atoms with Gasteiger partial charge >= 0.3 is 0 Å². The molecule has 0 spiro atoms. The molecule has 2 aromatic carbocycles. The van der Waals surface area contributed by atoms with Gasteiger partial charge < -0.3 is 10.1 Å². The summed E-state index contributed by atoms with van der Waals surface area (Å²) in [5.41, 5.74) is 0.674. The van der Waals surface area contributed by atoms with Crippen molar-refractivity contribution in [2.45, 2.75) is 11.7 Å². The minimum absolute atomic E-state index is 0.118. The van der Waals surface area contributed by atoms with Gasteiger partial charge in [0.1, 0.15) is 16.0 Å². The molecule has 0 aliphatic carbocycles. The number of nitro benzene ring substituents is 1. The van der Waals surface area contributed by atoms with E-state index in [0.717, 1.165) is 5.56 Å². The van der Waals surface area contributed by atoms with Crippen LogP contribution in [0.4, 0.5) is 11.4 Å². The summed E-state index contributed by atoms with van der Waals surface area (Å²) in [5.74, 6) is -0.209. The zero-order valence-corrected chi connectivity index (χ0v) is 16.1. The van der Waals surface area contributed by atoms with Crippen molar-refractivity contribution in [3.63, 3.8) is 0 Å². The lowest BCUT2D eigenvalue weighted by Crippen LogP contribution is -2.21. The Balaban J connectivity index is 1.65. The van der Waals surface area contributed by atoms with Crippen molar-refractivity contribution >= 4 is 51.6 Å². The second-order valence-corrected chi connectivity index (χ2v) is 7.36. The monoisotopic (exact) mass is 419 g/mol. The molecule has 2 aromatic rings. The highest BCUT2D eigenvalue weighted by Crippen LogP contribution is 2.31. The highest BCUT2D eigenvalue weighted by molar-refractivity contribution is 8.16. The number of benzene rings is 2. The third kappa shape index (κ3) is 4.49. The van der Waals surface area contributed by atoms with Gasteiger partial charge in [0.15, 0.2) is 0 Å². The topological polar surface area (TPSA) is 111 Å². The summed E-state index contributed by atoms with van der Waals surface area (Å²) in [5, 5.41) is 13.4. The zero-order valence-electron chi connectivity index (χ0n) is 14.5. The molecule has 0 saturated carbocycles. The van der Waals surface area contributed by atoms with E-state index in [2.05, 4.69) is 10.3 Å². The first kappa shape index (κ1) is 19.8. The van der Waals surface area contributed by atoms with Crippen LogP contribution in [-0.4, -0.2) is 34.1 Å². The van der Waals surface area contributed by atoms with Gasteiger partial charge in [0.25, 0.3) is 11.6 Å². The number of halogens is 1. The first-order chi connectivity index (χ1) is 13.4. The molecular weight excluding hydrogens is 406 g/mol. The number of rotatable bonds is 6. The molecule has 10 heteroatoms. The summed E-state index contributed by atoms with van der Waals surface area (Å²) in [6.07, 6.45) is -0.133. The number of hydrogen-bond acceptors (Lipinski definition) is 6. The summed E-state index contributed by atoms with van der Waals surface area (Å²) in [7, 11) is 1.56. The molecule has 3 rings (SSSR count). The lowest BCUT2D eigenvalue weighted by Gasteiger charge is -2.10. The van der Waals surface area contributed by atoms with Crippen LogP contribution in [0.5, 0.6) is 5.75 Å². The minimum atomic E-state index is -0.672. The third-order valence-corrected chi connectivity index (χ3v) is 5.42. The van der Waals surface area contributed by atoms with Gasteiger partial charge in [-0.2, -0.15) is 0 Å². The second kappa shape index (κ2) is 8.41. The maximum Gasteiger partial charge on any atom is 0.271 e. The zero-order chi connectivity index (χ0) is 20.3. The van der Waals surface area contributed by atoms with Crippen LogP contribution in [0.2, 0.25) is 5.02 Å². The van der Waals surface area contributed by atoms with Gasteiger partial charge in [-0.1, -0.05) is 23.4 Å². The van der Waals surface area contributed by atoms with E-state index >= 15 is 0 Å². The van der Waals surface area contributed by atoms with Crippen molar-refractivity contribution < 1.29 is 19.2 Å². The maximum atomic E-state index is 12.3. The fraction of sp³-hybridized carbons (Fsp3) is 0.167. The number of carbonyl (C=O) groups is 2. The summed E-state index contributed by atoms with van der Waals surface area (Å²) in [6, 6.07) is 10.8. The molecule has 8 nitrogen and oxygen atoms in total. The quantitative estimate of drug-likeness (QED) is 0.564. The van der Waals surface area contributed by atoms with Crippen LogP contribution in [0, 0.1) is 10.1 Å². The van der Waals surface area contributed by atoms with Gasteiger partial charge in [-0.3, -0.25) is 19.7 Å². The second-order valence-electron chi connectivity index (χ2n) is 5.76. The molecule has 0 bridgehead atoms. The fourth-order valence-corrected chi connectivity index (χ4v) is 3.71. The average molecular weight is 420 g/mol. The maximum absolute atomic E-state index is 12.3. The average Bonchev–Trinajstić information content (AvgIpc) is 3.03. The van der Waals surface area contributed by atoms with Gasteiger partial charge in [-0.15, -0.1) is 0 Å². The molecular formula is C18H14ClN3O5S. The van der Waals surface area contributed by atoms with E-state index in [4.69, 9.17) is 16.3 Å². The number of hydrogen-bond donors (Lipinski definition) is 1. The Morgan fingerprint density at radius 2 is 2.04 bits per heavy atom. The molecule has 0 saturated heterocycles. The Morgan fingerprint density at radius 3 is 2.68 bits per heavy atom. The Morgan fingerprint density at radius 1 is 1.32 bits per heavy atom. The first-order valence-corrected chi connectivity index (χ1v) is 9.30. The van der Waals surface area contributed by atoms with Crippen molar-refractivity contribution in [3.8, 4) is 5.75 Å². The number of amides is 2. The fourth-order valence-electron chi connectivity index (χ4n) is 2.47. The molecule has 28 heavy (non-hydrogen) atoms. The number of ether oxygens (including phenoxy) is 1. The van der Waals surface area contributed by atoms with Crippen LogP contribution in [0.3, 0.4) is 0 Å². The van der Waals surface area contributed by atoms with Crippen molar-refractivity contribution in [3.05, 3.63) is 63.2 Å². The molecule has 1 aliphatic heterocycles. The Hall–Kier alpha value is -2.91. The van der Waals surface area contributed by atoms with Crippen LogP contribution in [-0.2, 0) is 9.59 Å². The summed E-state index contributed by atoms with van der Waals surface area (Å²) in [4.78, 5) is 38.7. The number of carbonyl (C=O) groups excluding carboxylic acids is 2. The van der Waals surface area contributed by atoms with Crippen LogP contribution >= 0.6 is 23.4 Å². The Labute approximate surface area is 169 Å². The first-order valence-electron chi connectivity index (χ1n) is 8.05. The van der Waals surface area contributed by atoms with E-state index in [0.29, 0.717) is 10.8 Å². The summed E-state index contributed by atoms with van der Waals surface area (Å²) >= 11 is 7.17. The number of non-ortho nitro benzene ring substituents is 1. The summed E-state index contributed by atoms with van der Waals surface area (Å²) < 4.78 is 5.10. The van der Waals surface area contributed by atoms with E-state index in [9.17, 15) is 19.7 Å². The minimum Gasteiger partial charge on any atom is -0.497 e. The van der Waals surface area contributed by atoms with Gasteiger partial charge in [-0.05, 0) is 30.3 Å². The van der Waals surface area contributed by atoms with Crippen LogP contribution < -0.4 is 10.1 Å². The standard InChI is InChI=1S/C18H14ClN3O5S/c1-27-12-5-2-10(3-6-12)18-21-17(24)15(28-18)9-16(23)20-14-8-11(22(25)26)4-7-13(14)19/h2-8,15H,9H2,1H3,(H,20,23)/t15-/m1/s1. The van der Waals surface area contributed by atoms with Gasteiger partial charge in [0.2, 0.25) is 5.91 Å². The number of nitrogens with one attached hydrogen (secondary N) is 1. The molecule has 0 fully saturated rings. The van der Waals surface area contributed by atoms with Crippen molar-refractivity contribution in [2.24, 2.45) is 4.99 Å². The molecule has 1 aliphatic rings. The predicted octanol–water partition coefficient (Wildman–Crippen LogP) is 3.67. The van der Waals surface area contributed by atoms with Crippen LogP contribution in [0.1, 0.15) is 12.0 Å². The highest BCUT2D eigenvalue weighted by atomic mass is 35.5. The number of nitro groups is 1. The Bertz CT molecular complexity index is 978. The molecule has 144 valence electrons. The molecule has 2 amide bonds. The molecule has 0 aromatic heterocycles. The lowest BCUT2D eigenvalue weighted by atomic mass is 10.2. The number of anilines is 1. The lowest BCUT2D eigenvalue weighted by molar-refractivity contribution is -0.384. The SMILES string of the molecule is COc1ccc(C2=NC(=O)[C@@H](CC(=O)Nc3cc([N+](=O)[O-])ccc3Cl)S2)cc1. The van der Waals surface area contributed by atoms with Gasteiger partial charge in [-0.25, -0.2) is 4.99 Å². The van der Waals surface area contributed by atoms with Crippen LogP contribution in [0.25, 0.3) is 0 Å². The number of thioether (sulfide) groups is 1. The molecule has 0 radical (unpaired) electrons. The van der Waals surface area contributed by atoms with E-state index in [1.807, 2.05) is 0 Å². The van der Waals surface area contributed by atoms with Crippen molar-refractivity contribution in [1.82, 2.24) is 0 Å². The van der Waals surface area contributed by atoms with Crippen LogP contribution in [0.15, 0.2) is 47.5 Å². The molecule has 1 N–H and O–H groups in total. The van der Waals surface area contributed by atoms with E-state index < -0.39 is 22.0 Å². The van der Waals surface area contributed by atoms with Crippen molar-refractivity contribution in [2.75, 3.05) is 12.4 Å². The predicted molar refractivity (Wildman–Crippen MR) is 107 cm³/mol. The largest absolute Gasteiger partial charge is 0.497 e. The van der Waals surface area contributed by atoms with Gasteiger partial charge in [0, 0.05) is 24.1 Å². The Kier molecular flexibility index (Phi) is 5.96. The third-order valence-electron chi connectivity index (χ3n) is 3.88. The van der Waals surface area contributed by atoms with E-state index in [-0.39, 0.29) is 22.8 Å². The smallest absolute Gasteiger partial charge is 0.271 e. The van der Waals surface area contributed by atoms with E-state index in [1.54, 1.807) is 31.4 Å². The molecule has 1 heterocycles. The van der Waals surface area contributed by atoms with E-state index in [1.165, 1.54) is 30.0 Å². The van der Waals surface area contributed by atoms with Gasteiger partial charge in [0.05, 0.1) is 22.7 Å². The highest BCUT2D eigenvalue weighted by Gasteiger charge is 2.31. The molecule has 0 unspecified atom stereocenters.